The van der Waals surface area contributed by atoms with Crippen LogP contribution >= 0.6 is 11.8 Å². The Hall–Kier alpha value is -0.850. The minimum Gasteiger partial charge on any atom is -0.390 e. The van der Waals surface area contributed by atoms with E-state index in [4.69, 9.17) is 0 Å². The van der Waals surface area contributed by atoms with Crippen molar-refractivity contribution in [2.24, 2.45) is 0 Å². The number of nitrogens with zero attached hydrogens (tertiary/aromatic N) is 2. The van der Waals surface area contributed by atoms with E-state index in [1.165, 1.54) is 6.92 Å². The van der Waals surface area contributed by atoms with Crippen LogP contribution in [0.1, 0.15) is 31.9 Å². The van der Waals surface area contributed by atoms with Gasteiger partial charge in [0.1, 0.15) is 6.10 Å². The Labute approximate surface area is 105 Å². The maximum absolute atomic E-state index is 10.7. The number of thioether (sulfide) groups is 1. The first-order valence-electron chi connectivity index (χ1n) is 5.56. The fourth-order valence-electron chi connectivity index (χ4n) is 1.41. The maximum Gasteiger partial charge on any atom is 0.185 e. The molecule has 6 heteroatoms. The molecule has 96 valence electrons. The number of hydrogen-bond donors (Lipinski definition) is 2. The van der Waals surface area contributed by atoms with Crippen LogP contribution < -0.4 is 0 Å². The molecule has 0 aliphatic rings. The highest BCUT2D eigenvalue weighted by molar-refractivity contribution is 8.13. The zero-order valence-corrected chi connectivity index (χ0v) is 10.9. The Morgan fingerprint density at radius 2 is 2.29 bits per heavy atom. The Kier molecular flexibility index (Phi) is 5.67. The van der Waals surface area contributed by atoms with Crippen LogP contribution in [-0.2, 0) is 11.3 Å². The summed E-state index contributed by atoms with van der Waals surface area (Å²) in [6.07, 6.45) is 1.84. The molecule has 2 N–H and O–H groups in total. The number of rotatable bonds is 6. The summed E-state index contributed by atoms with van der Waals surface area (Å²) >= 11 is 1.15. The van der Waals surface area contributed by atoms with Crippen LogP contribution in [-0.4, -0.2) is 37.0 Å². The minimum absolute atomic E-state index is 0.0190. The average molecular weight is 258 g/mol. The number of hydrogen-bond acceptors (Lipinski definition) is 5. The number of aliphatic hydroxyl groups is 2. The van der Waals surface area contributed by atoms with Crippen molar-refractivity contribution in [3.8, 4) is 0 Å². The summed E-state index contributed by atoms with van der Waals surface area (Å²) in [6, 6.07) is 0. The molecule has 0 aliphatic heterocycles. The van der Waals surface area contributed by atoms with Gasteiger partial charge in [-0.1, -0.05) is 11.8 Å². The summed E-state index contributed by atoms with van der Waals surface area (Å²) < 4.78 is 1.69. The lowest BCUT2D eigenvalue weighted by Crippen LogP contribution is -2.18. The smallest absolute Gasteiger partial charge is 0.185 e. The molecule has 0 aromatic carbocycles. The van der Waals surface area contributed by atoms with Crippen LogP contribution in [0.4, 0.5) is 0 Å². The Bertz CT molecular complexity index is 367. The highest BCUT2D eigenvalue weighted by atomic mass is 32.2. The van der Waals surface area contributed by atoms with Gasteiger partial charge in [0.25, 0.3) is 0 Å². The molecule has 0 aliphatic carbocycles. The molecular weight excluding hydrogens is 240 g/mol. The van der Waals surface area contributed by atoms with Crippen molar-refractivity contribution in [2.45, 2.75) is 39.0 Å². The van der Waals surface area contributed by atoms with Gasteiger partial charge in [-0.3, -0.25) is 9.48 Å². The first-order valence-corrected chi connectivity index (χ1v) is 6.55. The monoisotopic (exact) mass is 258 g/mol. The molecule has 0 amide bonds. The molecule has 0 bridgehead atoms. The van der Waals surface area contributed by atoms with E-state index in [2.05, 4.69) is 5.10 Å². The Balaban J connectivity index is 2.45. The lowest BCUT2D eigenvalue weighted by molar-refractivity contribution is -0.109. The second-order valence-corrected chi connectivity index (χ2v) is 5.04. The standard InChI is InChI=1S/C11H18N2O3S/c1-3-13-7-9(6-12-13)11(16)10(15)4-5-17-8(2)14/h6-7,10-11,15-16H,3-5H2,1-2H3. The Morgan fingerprint density at radius 1 is 1.59 bits per heavy atom. The van der Waals surface area contributed by atoms with Crippen molar-refractivity contribution < 1.29 is 15.0 Å². The van der Waals surface area contributed by atoms with E-state index < -0.39 is 12.2 Å². The van der Waals surface area contributed by atoms with E-state index in [1.54, 1.807) is 17.1 Å². The first kappa shape index (κ1) is 14.2. The molecule has 0 fully saturated rings. The molecule has 5 nitrogen and oxygen atoms in total. The molecule has 17 heavy (non-hydrogen) atoms. The summed E-state index contributed by atoms with van der Waals surface area (Å²) in [5.74, 6) is 0.509. The van der Waals surface area contributed by atoms with Gasteiger partial charge in [0.05, 0.1) is 12.3 Å². The number of carbonyl (C=O) groups is 1. The molecule has 0 saturated carbocycles. The van der Waals surface area contributed by atoms with E-state index >= 15 is 0 Å². The normalized spacial score (nSPS) is 14.6. The predicted molar refractivity (Wildman–Crippen MR) is 66.6 cm³/mol. The van der Waals surface area contributed by atoms with E-state index in [1.807, 2.05) is 6.92 Å². The van der Waals surface area contributed by atoms with Crippen molar-refractivity contribution in [3.63, 3.8) is 0 Å². The molecule has 2 atom stereocenters. The van der Waals surface area contributed by atoms with Gasteiger partial charge >= 0.3 is 0 Å². The van der Waals surface area contributed by atoms with Crippen molar-refractivity contribution >= 4 is 16.9 Å². The fraction of sp³-hybridized carbons (Fsp3) is 0.636. The SMILES string of the molecule is CCn1cc(C(O)C(O)CCSC(C)=O)cn1. The van der Waals surface area contributed by atoms with Crippen molar-refractivity contribution in [3.05, 3.63) is 18.0 Å². The van der Waals surface area contributed by atoms with Crippen LogP contribution in [0.15, 0.2) is 12.4 Å². The van der Waals surface area contributed by atoms with Crippen LogP contribution in [0.2, 0.25) is 0 Å². The molecule has 1 aromatic heterocycles. The van der Waals surface area contributed by atoms with Crippen molar-refractivity contribution in [1.29, 1.82) is 0 Å². The van der Waals surface area contributed by atoms with Crippen LogP contribution in [0, 0.1) is 0 Å². The quantitative estimate of drug-likeness (QED) is 0.795. The highest BCUT2D eigenvalue weighted by Crippen LogP contribution is 2.19. The summed E-state index contributed by atoms with van der Waals surface area (Å²) in [4.78, 5) is 10.7. The van der Waals surface area contributed by atoms with Crippen LogP contribution in [0.5, 0.6) is 0 Å². The van der Waals surface area contributed by atoms with Gasteiger partial charge in [-0.25, -0.2) is 0 Å². The lowest BCUT2D eigenvalue weighted by atomic mass is 10.1. The topological polar surface area (TPSA) is 75.3 Å². The molecule has 0 saturated heterocycles. The fourth-order valence-corrected chi connectivity index (χ4v) is 2.06. The third-order valence-electron chi connectivity index (χ3n) is 2.40. The zero-order valence-electron chi connectivity index (χ0n) is 10.0. The summed E-state index contributed by atoms with van der Waals surface area (Å²) in [5, 5.41) is 23.7. The largest absolute Gasteiger partial charge is 0.390 e. The van der Waals surface area contributed by atoms with E-state index in [0.717, 1.165) is 18.3 Å². The van der Waals surface area contributed by atoms with Crippen LogP contribution in [0.25, 0.3) is 0 Å². The molecule has 1 rings (SSSR count). The molecule has 1 aromatic rings. The van der Waals surface area contributed by atoms with Gasteiger partial charge in [0.2, 0.25) is 0 Å². The van der Waals surface area contributed by atoms with Gasteiger partial charge in [-0.05, 0) is 13.3 Å². The number of carbonyl (C=O) groups excluding carboxylic acids is 1. The van der Waals surface area contributed by atoms with Gasteiger partial charge in [0, 0.05) is 31.0 Å². The van der Waals surface area contributed by atoms with Gasteiger partial charge in [0.15, 0.2) is 5.12 Å². The number of aryl methyl sites for hydroxylation is 1. The first-order chi connectivity index (χ1) is 8.04. The average Bonchev–Trinajstić information content (AvgIpc) is 2.75. The molecule has 0 radical (unpaired) electrons. The predicted octanol–water partition coefficient (Wildman–Crippen LogP) is 0.967. The summed E-state index contributed by atoms with van der Waals surface area (Å²) in [7, 11) is 0. The van der Waals surface area contributed by atoms with E-state index in [9.17, 15) is 15.0 Å². The van der Waals surface area contributed by atoms with E-state index in [-0.39, 0.29) is 5.12 Å². The molecule has 1 heterocycles. The van der Waals surface area contributed by atoms with Crippen molar-refractivity contribution in [1.82, 2.24) is 9.78 Å². The van der Waals surface area contributed by atoms with Crippen molar-refractivity contribution in [2.75, 3.05) is 5.75 Å². The van der Waals surface area contributed by atoms with Gasteiger partial charge in [-0.15, -0.1) is 0 Å². The second-order valence-electron chi connectivity index (χ2n) is 3.77. The summed E-state index contributed by atoms with van der Waals surface area (Å²) in [6.45, 7) is 4.16. The highest BCUT2D eigenvalue weighted by Gasteiger charge is 2.19. The second kappa shape index (κ2) is 6.78. The number of aromatic nitrogens is 2. The van der Waals surface area contributed by atoms with Crippen LogP contribution in [0.3, 0.4) is 0 Å². The van der Waals surface area contributed by atoms with Gasteiger partial charge < -0.3 is 10.2 Å². The third kappa shape index (κ3) is 4.49. The molecular formula is C11H18N2O3S. The summed E-state index contributed by atoms with van der Waals surface area (Å²) in [5.41, 5.74) is 0.604. The number of aliphatic hydroxyl groups excluding tert-OH is 2. The zero-order chi connectivity index (χ0) is 12.8. The molecule has 2 unspecified atom stereocenters. The lowest BCUT2D eigenvalue weighted by Gasteiger charge is -2.15. The maximum atomic E-state index is 10.7. The third-order valence-corrected chi connectivity index (χ3v) is 3.25. The Morgan fingerprint density at radius 3 is 2.82 bits per heavy atom. The van der Waals surface area contributed by atoms with Gasteiger partial charge in [-0.2, -0.15) is 5.10 Å². The minimum atomic E-state index is -0.942. The molecule has 0 spiro atoms. The van der Waals surface area contributed by atoms with E-state index in [0.29, 0.717) is 17.7 Å².